The number of hydrogen-bond acceptors (Lipinski definition) is 8. The van der Waals surface area contributed by atoms with Crippen LogP contribution in [0.4, 0.5) is 0 Å². The Morgan fingerprint density at radius 1 is 0.472 bits per heavy atom. The van der Waals surface area contributed by atoms with Crippen molar-refractivity contribution in [2.45, 2.75) is 12.2 Å². The highest BCUT2D eigenvalue weighted by molar-refractivity contribution is 5.72. The predicted molar refractivity (Wildman–Crippen MR) is 131 cm³/mol. The van der Waals surface area contributed by atoms with Crippen molar-refractivity contribution in [3.8, 4) is 46.0 Å². The Morgan fingerprint density at radius 2 is 1.06 bits per heavy atom. The van der Waals surface area contributed by atoms with E-state index in [2.05, 4.69) is 0 Å². The third-order valence-corrected chi connectivity index (χ3v) is 5.73. The molecule has 36 heavy (non-hydrogen) atoms. The van der Waals surface area contributed by atoms with Crippen molar-refractivity contribution in [1.29, 1.82) is 0 Å². The van der Waals surface area contributed by atoms with Crippen molar-refractivity contribution >= 4 is 12.2 Å². The summed E-state index contributed by atoms with van der Waals surface area (Å²) in [5.41, 5.74) is 2.30. The molecule has 1 aliphatic rings. The minimum absolute atomic E-state index is 0.0548. The average molecular weight is 486 g/mol. The number of ether oxygens (including phenoxy) is 2. The Kier molecular flexibility index (Phi) is 5.69. The van der Waals surface area contributed by atoms with Gasteiger partial charge in [0.1, 0.15) is 23.0 Å². The molecule has 4 aromatic carbocycles. The molecule has 8 heteroatoms. The average Bonchev–Trinajstić information content (AvgIpc) is 2.82. The Bertz CT molecular complexity index is 1440. The second-order valence-corrected chi connectivity index (χ2v) is 8.43. The van der Waals surface area contributed by atoms with Gasteiger partial charge in [0.15, 0.2) is 35.2 Å². The Balaban J connectivity index is 1.52. The second-order valence-electron chi connectivity index (χ2n) is 8.43. The van der Waals surface area contributed by atoms with Crippen LogP contribution in [0.1, 0.15) is 34.5 Å². The van der Waals surface area contributed by atoms with Gasteiger partial charge in [0, 0.05) is 23.3 Å². The van der Waals surface area contributed by atoms with Crippen LogP contribution in [0.2, 0.25) is 0 Å². The highest BCUT2D eigenvalue weighted by atomic mass is 16.6. The van der Waals surface area contributed by atoms with E-state index in [0.717, 1.165) is 5.56 Å². The predicted octanol–water partition coefficient (Wildman–Crippen LogP) is 5.34. The van der Waals surface area contributed by atoms with Crippen molar-refractivity contribution in [1.82, 2.24) is 0 Å². The molecule has 0 spiro atoms. The normalized spacial score (nSPS) is 16.8. The standard InChI is InChI=1S/C28H22O8/c29-19-7-16(8-20(30)13-19)2-1-15-3-6-25-26(9-15)36-27(17-4-5-23(33)24(34)12-17)28(35-25)18-10-21(31)14-22(32)11-18/h1-14,27-34H/b2-1-/t27-,28-/m1/s1. The Labute approximate surface area is 205 Å². The van der Waals surface area contributed by atoms with Gasteiger partial charge < -0.3 is 40.1 Å². The van der Waals surface area contributed by atoms with Gasteiger partial charge in [-0.05, 0) is 59.7 Å². The van der Waals surface area contributed by atoms with Crippen molar-refractivity contribution in [2.75, 3.05) is 0 Å². The molecule has 1 aliphatic heterocycles. The lowest BCUT2D eigenvalue weighted by Gasteiger charge is -2.35. The quantitative estimate of drug-likeness (QED) is 0.168. The van der Waals surface area contributed by atoms with Crippen LogP contribution >= 0.6 is 0 Å². The molecule has 0 unspecified atom stereocenters. The minimum Gasteiger partial charge on any atom is -0.508 e. The summed E-state index contributed by atoms with van der Waals surface area (Å²) in [4.78, 5) is 0. The summed E-state index contributed by atoms with van der Waals surface area (Å²) >= 11 is 0. The van der Waals surface area contributed by atoms with E-state index in [4.69, 9.17) is 9.47 Å². The molecule has 5 rings (SSSR count). The van der Waals surface area contributed by atoms with E-state index in [1.165, 1.54) is 48.5 Å². The van der Waals surface area contributed by atoms with Crippen molar-refractivity contribution in [3.63, 3.8) is 0 Å². The molecule has 6 N–H and O–H groups in total. The van der Waals surface area contributed by atoms with E-state index in [0.29, 0.717) is 28.2 Å². The van der Waals surface area contributed by atoms with Crippen LogP contribution in [0, 0.1) is 0 Å². The maximum absolute atomic E-state index is 10.1. The highest BCUT2D eigenvalue weighted by Gasteiger charge is 2.35. The Hall–Kier alpha value is -4.98. The first-order valence-corrected chi connectivity index (χ1v) is 11.0. The van der Waals surface area contributed by atoms with Gasteiger partial charge in [-0.2, -0.15) is 0 Å². The molecule has 0 aliphatic carbocycles. The fourth-order valence-electron chi connectivity index (χ4n) is 4.11. The number of aromatic hydroxyl groups is 6. The molecule has 0 amide bonds. The lowest BCUT2D eigenvalue weighted by atomic mass is 9.95. The van der Waals surface area contributed by atoms with Gasteiger partial charge in [-0.15, -0.1) is 0 Å². The third-order valence-electron chi connectivity index (χ3n) is 5.73. The van der Waals surface area contributed by atoms with Gasteiger partial charge in [0.25, 0.3) is 0 Å². The molecule has 182 valence electrons. The van der Waals surface area contributed by atoms with Gasteiger partial charge in [-0.3, -0.25) is 0 Å². The number of phenols is 6. The van der Waals surface area contributed by atoms with Crippen LogP contribution in [0.15, 0.2) is 72.8 Å². The van der Waals surface area contributed by atoms with Crippen LogP contribution in [0.3, 0.4) is 0 Å². The van der Waals surface area contributed by atoms with Crippen LogP contribution in [-0.2, 0) is 0 Å². The number of hydrogen-bond donors (Lipinski definition) is 6. The minimum atomic E-state index is -0.799. The number of phenolic OH excluding ortho intramolecular Hbond substituents is 6. The first kappa shape index (κ1) is 22.8. The van der Waals surface area contributed by atoms with E-state index >= 15 is 0 Å². The molecule has 0 aromatic heterocycles. The van der Waals surface area contributed by atoms with E-state index in [1.807, 2.05) is 0 Å². The molecule has 0 bridgehead atoms. The summed E-state index contributed by atoms with van der Waals surface area (Å²) in [6.07, 6.45) is 1.90. The zero-order valence-electron chi connectivity index (χ0n) is 18.7. The molecular weight excluding hydrogens is 464 g/mol. The van der Waals surface area contributed by atoms with Gasteiger partial charge in [-0.1, -0.05) is 24.3 Å². The smallest absolute Gasteiger partial charge is 0.165 e. The molecule has 0 saturated carbocycles. The molecule has 0 fully saturated rings. The summed E-state index contributed by atoms with van der Waals surface area (Å²) in [6.45, 7) is 0. The molecule has 2 atom stereocenters. The summed E-state index contributed by atoms with van der Waals surface area (Å²) in [7, 11) is 0. The fraction of sp³-hybridized carbons (Fsp3) is 0.0714. The summed E-state index contributed by atoms with van der Waals surface area (Å²) < 4.78 is 12.5. The van der Waals surface area contributed by atoms with E-state index in [1.54, 1.807) is 36.4 Å². The number of rotatable bonds is 4. The van der Waals surface area contributed by atoms with Crippen LogP contribution in [0.25, 0.3) is 12.2 Å². The SMILES string of the molecule is Oc1cc(O)cc(/C=C\c2ccc3c(c2)O[C@H](c2ccc(O)c(O)c2)[C@@H](c2cc(O)cc(O)c2)O3)c1. The van der Waals surface area contributed by atoms with Crippen molar-refractivity contribution in [2.24, 2.45) is 0 Å². The zero-order chi connectivity index (χ0) is 25.4. The van der Waals surface area contributed by atoms with E-state index < -0.39 is 12.2 Å². The topological polar surface area (TPSA) is 140 Å². The lowest BCUT2D eigenvalue weighted by molar-refractivity contribution is 0.0180. The summed E-state index contributed by atoms with van der Waals surface area (Å²) in [6, 6.07) is 17.9. The van der Waals surface area contributed by atoms with E-state index in [9.17, 15) is 30.6 Å². The first-order chi connectivity index (χ1) is 17.2. The maximum atomic E-state index is 10.1. The molecule has 4 aromatic rings. The number of benzene rings is 4. The molecule has 8 nitrogen and oxygen atoms in total. The van der Waals surface area contributed by atoms with Crippen LogP contribution in [0.5, 0.6) is 46.0 Å². The monoisotopic (exact) mass is 486 g/mol. The highest BCUT2D eigenvalue weighted by Crippen LogP contribution is 2.48. The van der Waals surface area contributed by atoms with Gasteiger partial charge in [-0.25, -0.2) is 0 Å². The van der Waals surface area contributed by atoms with Gasteiger partial charge in [0.05, 0.1) is 0 Å². The first-order valence-electron chi connectivity index (χ1n) is 11.0. The molecule has 0 saturated heterocycles. The zero-order valence-corrected chi connectivity index (χ0v) is 18.7. The van der Waals surface area contributed by atoms with Crippen molar-refractivity contribution in [3.05, 3.63) is 95.1 Å². The van der Waals surface area contributed by atoms with Crippen LogP contribution < -0.4 is 9.47 Å². The van der Waals surface area contributed by atoms with Gasteiger partial charge >= 0.3 is 0 Å². The molecular formula is C28H22O8. The third kappa shape index (κ3) is 4.65. The molecule has 1 heterocycles. The fourth-order valence-corrected chi connectivity index (χ4v) is 4.11. The molecule has 0 radical (unpaired) electrons. The summed E-state index contributed by atoms with van der Waals surface area (Å²) in [5.74, 6) is -0.182. The van der Waals surface area contributed by atoms with Gasteiger partial charge in [0.2, 0.25) is 0 Å². The number of fused-ring (bicyclic) bond motifs is 1. The Morgan fingerprint density at radius 3 is 1.72 bits per heavy atom. The lowest BCUT2D eigenvalue weighted by Crippen LogP contribution is -2.26. The maximum Gasteiger partial charge on any atom is 0.165 e. The summed E-state index contributed by atoms with van der Waals surface area (Å²) in [5, 5.41) is 59.2. The largest absolute Gasteiger partial charge is 0.508 e. The van der Waals surface area contributed by atoms with E-state index in [-0.39, 0.29) is 34.5 Å². The van der Waals surface area contributed by atoms with Crippen molar-refractivity contribution < 1.29 is 40.1 Å². The second kappa shape index (κ2) is 8.99. The van der Waals surface area contributed by atoms with Crippen LogP contribution in [-0.4, -0.2) is 30.6 Å².